The number of halogens is 2. The molecule has 0 amide bonds. The molecule has 1 N–H and O–H groups in total. The molecule has 2 heterocycles. The molecule has 0 saturated heterocycles. The normalized spacial score (nSPS) is 19.9. The number of hydrogen-bond acceptors (Lipinski definition) is 4. The molecule has 0 saturated carbocycles. The van der Waals surface area contributed by atoms with Crippen molar-refractivity contribution in [2.24, 2.45) is 0 Å². The number of nitrogens with one attached hydrogen (secondary N) is 1. The molecule has 1 aromatic heterocycles. The summed E-state index contributed by atoms with van der Waals surface area (Å²) in [5, 5.41) is 15.2. The Labute approximate surface area is 140 Å². The van der Waals surface area contributed by atoms with Crippen LogP contribution in [0.25, 0.3) is 0 Å². The van der Waals surface area contributed by atoms with Crippen LogP contribution in [0.2, 0.25) is 0 Å². The Morgan fingerprint density at radius 1 is 1.04 bits per heavy atom. The van der Waals surface area contributed by atoms with E-state index in [4.69, 9.17) is 0 Å². The maximum Gasteiger partial charge on any atom is 0.243 e. The van der Waals surface area contributed by atoms with Crippen LogP contribution in [0, 0.1) is 5.82 Å². The highest BCUT2D eigenvalue weighted by Gasteiger charge is 2.30. The summed E-state index contributed by atoms with van der Waals surface area (Å²) >= 11 is 3.45. The number of anilines is 1. The van der Waals surface area contributed by atoms with Crippen LogP contribution in [0.5, 0.6) is 0 Å². The predicted molar refractivity (Wildman–Crippen MR) is 87.5 cm³/mol. The summed E-state index contributed by atoms with van der Waals surface area (Å²) in [6.45, 7) is 0. The van der Waals surface area contributed by atoms with E-state index in [2.05, 4.69) is 48.9 Å². The molecule has 1 aliphatic rings. The number of aromatic nitrogens is 4. The van der Waals surface area contributed by atoms with Crippen LogP contribution in [0.15, 0.2) is 53.0 Å². The summed E-state index contributed by atoms with van der Waals surface area (Å²) in [5.41, 5.74) is 2.15. The summed E-state index contributed by atoms with van der Waals surface area (Å²) in [6.07, 6.45) is 0.783. The van der Waals surface area contributed by atoms with Crippen LogP contribution in [-0.2, 0) is 0 Å². The number of hydrogen-bond donors (Lipinski definition) is 1. The first-order valence-corrected chi connectivity index (χ1v) is 8.05. The maximum atomic E-state index is 13.2. The van der Waals surface area contributed by atoms with E-state index in [9.17, 15) is 4.39 Å². The lowest BCUT2D eigenvalue weighted by Gasteiger charge is -2.31. The van der Waals surface area contributed by atoms with Gasteiger partial charge in [0.25, 0.3) is 0 Å². The summed E-state index contributed by atoms with van der Waals surface area (Å²) in [6, 6.07) is 14.7. The Bertz CT molecular complexity index is 815. The van der Waals surface area contributed by atoms with Gasteiger partial charge in [-0.05, 0) is 52.2 Å². The molecule has 5 nitrogen and oxygen atoms in total. The second-order valence-electron chi connectivity index (χ2n) is 5.50. The molecule has 0 spiro atoms. The first-order valence-electron chi connectivity index (χ1n) is 7.26. The van der Waals surface area contributed by atoms with Crippen LogP contribution < -0.4 is 5.32 Å². The van der Waals surface area contributed by atoms with Gasteiger partial charge in [-0.1, -0.05) is 45.3 Å². The predicted octanol–water partition coefficient (Wildman–Crippen LogP) is 3.72. The Morgan fingerprint density at radius 2 is 1.74 bits per heavy atom. The van der Waals surface area contributed by atoms with Gasteiger partial charge < -0.3 is 5.32 Å². The van der Waals surface area contributed by atoms with Crippen molar-refractivity contribution in [3.63, 3.8) is 0 Å². The van der Waals surface area contributed by atoms with Crippen molar-refractivity contribution < 1.29 is 4.39 Å². The lowest BCUT2D eigenvalue weighted by Crippen LogP contribution is -2.28. The molecule has 7 heteroatoms. The topological polar surface area (TPSA) is 55.6 Å². The molecule has 0 radical (unpaired) electrons. The second kappa shape index (κ2) is 5.73. The smallest absolute Gasteiger partial charge is 0.243 e. The van der Waals surface area contributed by atoms with E-state index < -0.39 is 0 Å². The van der Waals surface area contributed by atoms with Gasteiger partial charge in [0.15, 0.2) is 0 Å². The minimum absolute atomic E-state index is 0.0319. The molecule has 0 aliphatic carbocycles. The van der Waals surface area contributed by atoms with Crippen LogP contribution in [0.1, 0.15) is 29.6 Å². The highest BCUT2D eigenvalue weighted by atomic mass is 79.9. The first kappa shape index (κ1) is 14.3. The van der Waals surface area contributed by atoms with E-state index in [1.807, 2.05) is 12.1 Å². The molecule has 0 bridgehead atoms. The molecule has 2 aromatic carbocycles. The fourth-order valence-electron chi connectivity index (χ4n) is 2.91. The molecule has 0 unspecified atom stereocenters. The standard InChI is InChI=1S/C16H13BrFN5/c17-12-5-1-10(2-6-12)14-9-15(11-3-7-13(18)8-4-11)23-16(19-14)20-21-22-23/h1-8,14-15H,9H2,(H,19,20,22)/t14-,15-/m1/s1. The summed E-state index contributed by atoms with van der Waals surface area (Å²) < 4.78 is 16.0. The SMILES string of the molecule is Fc1ccc([C@H]2C[C@H](c3ccc(Br)cc3)Nc3nnnn32)cc1. The van der Waals surface area contributed by atoms with Crippen molar-refractivity contribution in [2.75, 3.05) is 5.32 Å². The van der Waals surface area contributed by atoms with Crippen LogP contribution in [-0.4, -0.2) is 20.2 Å². The van der Waals surface area contributed by atoms with Crippen molar-refractivity contribution in [3.8, 4) is 0 Å². The van der Waals surface area contributed by atoms with Crippen molar-refractivity contribution in [1.29, 1.82) is 0 Å². The van der Waals surface area contributed by atoms with Crippen LogP contribution in [0.4, 0.5) is 10.3 Å². The highest BCUT2D eigenvalue weighted by Crippen LogP contribution is 2.37. The van der Waals surface area contributed by atoms with Gasteiger partial charge in [-0.15, -0.1) is 0 Å². The van der Waals surface area contributed by atoms with Gasteiger partial charge in [-0.3, -0.25) is 0 Å². The highest BCUT2D eigenvalue weighted by molar-refractivity contribution is 9.10. The lowest BCUT2D eigenvalue weighted by atomic mass is 9.93. The van der Waals surface area contributed by atoms with E-state index in [0.29, 0.717) is 5.95 Å². The third kappa shape index (κ3) is 2.72. The monoisotopic (exact) mass is 373 g/mol. The summed E-state index contributed by atoms with van der Waals surface area (Å²) in [5.74, 6) is 0.377. The van der Waals surface area contributed by atoms with Crippen LogP contribution in [0.3, 0.4) is 0 Å². The third-order valence-corrected chi connectivity index (χ3v) is 4.61. The van der Waals surface area contributed by atoms with Gasteiger partial charge in [-0.25, -0.2) is 9.07 Å². The van der Waals surface area contributed by atoms with E-state index in [-0.39, 0.29) is 17.9 Å². The van der Waals surface area contributed by atoms with E-state index in [1.165, 1.54) is 12.1 Å². The van der Waals surface area contributed by atoms with E-state index >= 15 is 0 Å². The molecule has 3 aromatic rings. The zero-order chi connectivity index (χ0) is 15.8. The molecule has 0 fully saturated rings. The second-order valence-corrected chi connectivity index (χ2v) is 6.41. The molecule has 23 heavy (non-hydrogen) atoms. The van der Waals surface area contributed by atoms with Crippen molar-refractivity contribution in [1.82, 2.24) is 20.2 Å². The quantitative estimate of drug-likeness (QED) is 0.743. The van der Waals surface area contributed by atoms with Crippen molar-refractivity contribution >= 4 is 21.9 Å². The van der Waals surface area contributed by atoms with Gasteiger partial charge in [0.05, 0.1) is 12.1 Å². The molecule has 116 valence electrons. The molecule has 4 rings (SSSR count). The minimum Gasteiger partial charge on any atom is -0.346 e. The van der Waals surface area contributed by atoms with E-state index in [0.717, 1.165) is 22.0 Å². The molecular weight excluding hydrogens is 361 g/mol. The van der Waals surface area contributed by atoms with Crippen LogP contribution >= 0.6 is 15.9 Å². The number of tetrazole rings is 1. The maximum absolute atomic E-state index is 13.2. The van der Waals surface area contributed by atoms with Gasteiger partial charge >= 0.3 is 0 Å². The summed E-state index contributed by atoms with van der Waals surface area (Å²) in [4.78, 5) is 0. The summed E-state index contributed by atoms with van der Waals surface area (Å²) in [7, 11) is 0. The number of rotatable bonds is 2. The van der Waals surface area contributed by atoms with E-state index in [1.54, 1.807) is 16.8 Å². The fraction of sp³-hybridized carbons (Fsp3) is 0.188. The molecule has 1 aliphatic heterocycles. The lowest BCUT2D eigenvalue weighted by molar-refractivity contribution is 0.423. The first-order chi connectivity index (χ1) is 11.2. The van der Waals surface area contributed by atoms with Gasteiger partial charge in [0, 0.05) is 4.47 Å². The number of nitrogens with zero attached hydrogens (tertiary/aromatic N) is 4. The Balaban J connectivity index is 1.71. The fourth-order valence-corrected chi connectivity index (χ4v) is 3.18. The van der Waals surface area contributed by atoms with Gasteiger partial charge in [0.2, 0.25) is 5.95 Å². The number of fused-ring (bicyclic) bond motifs is 1. The van der Waals surface area contributed by atoms with Crippen molar-refractivity contribution in [2.45, 2.75) is 18.5 Å². The Hall–Kier alpha value is -2.28. The zero-order valence-electron chi connectivity index (χ0n) is 12.0. The Morgan fingerprint density at radius 3 is 2.48 bits per heavy atom. The van der Waals surface area contributed by atoms with Gasteiger partial charge in [-0.2, -0.15) is 0 Å². The molecule has 2 atom stereocenters. The average Bonchev–Trinajstić information content (AvgIpc) is 3.04. The minimum atomic E-state index is -0.246. The largest absolute Gasteiger partial charge is 0.346 e. The molecular formula is C16H13BrFN5. The Kier molecular flexibility index (Phi) is 3.57. The average molecular weight is 374 g/mol. The third-order valence-electron chi connectivity index (χ3n) is 4.08. The van der Waals surface area contributed by atoms with Gasteiger partial charge in [0.1, 0.15) is 5.82 Å². The van der Waals surface area contributed by atoms with Crippen molar-refractivity contribution in [3.05, 3.63) is 69.9 Å². The number of benzene rings is 2. The zero-order valence-corrected chi connectivity index (χ0v) is 13.6.